The van der Waals surface area contributed by atoms with E-state index in [1.807, 2.05) is 0 Å². The third-order valence-electron chi connectivity index (χ3n) is 4.79. The van der Waals surface area contributed by atoms with Crippen LogP contribution in [0.1, 0.15) is 22.9 Å². The summed E-state index contributed by atoms with van der Waals surface area (Å²) in [5, 5.41) is 0.491. The van der Waals surface area contributed by atoms with Crippen LogP contribution in [0.15, 0.2) is 36.4 Å². The molecule has 4 nitrogen and oxygen atoms in total. The summed E-state index contributed by atoms with van der Waals surface area (Å²) in [6.07, 6.45) is 5.78. The number of nitrogens with two attached hydrogens (primary N) is 1. The van der Waals surface area contributed by atoms with Crippen LogP contribution in [-0.4, -0.2) is 22.3 Å². The predicted molar refractivity (Wildman–Crippen MR) is 95.2 cm³/mol. The fraction of sp³-hybridized carbons (Fsp3) is 0.150. The lowest BCUT2D eigenvalue weighted by Crippen LogP contribution is -2.39. The molecule has 1 aliphatic heterocycles. The minimum atomic E-state index is -0.666. The second kappa shape index (κ2) is 5.88. The number of halogens is 2. The number of hydrogen-bond acceptors (Lipinski definition) is 2. The Morgan fingerprint density at radius 1 is 1.27 bits per heavy atom. The minimum Gasteiger partial charge on any atom is -0.399 e. The molecule has 1 atom stereocenters. The van der Waals surface area contributed by atoms with Gasteiger partial charge in [-0.3, -0.25) is 4.79 Å². The number of terminal acetylenes is 1. The fourth-order valence-electron chi connectivity index (χ4n) is 3.64. The van der Waals surface area contributed by atoms with Gasteiger partial charge in [0, 0.05) is 29.4 Å². The van der Waals surface area contributed by atoms with Crippen LogP contribution in [0.5, 0.6) is 0 Å². The van der Waals surface area contributed by atoms with Gasteiger partial charge in [-0.2, -0.15) is 0 Å². The lowest BCUT2D eigenvalue weighted by molar-refractivity contribution is -0.127. The van der Waals surface area contributed by atoms with Crippen molar-refractivity contribution in [2.75, 3.05) is 12.3 Å². The molecular weight excluding hydrogens is 336 g/mol. The Morgan fingerprint density at radius 3 is 2.69 bits per heavy atom. The van der Waals surface area contributed by atoms with Gasteiger partial charge < -0.3 is 15.6 Å². The summed E-state index contributed by atoms with van der Waals surface area (Å²) in [5.41, 5.74) is 8.80. The highest BCUT2D eigenvalue weighted by Crippen LogP contribution is 2.39. The van der Waals surface area contributed by atoms with Gasteiger partial charge >= 0.3 is 0 Å². The molecule has 3 aromatic rings. The summed E-state index contributed by atoms with van der Waals surface area (Å²) in [5.74, 6) is 0.387. The molecule has 26 heavy (non-hydrogen) atoms. The van der Waals surface area contributed by atoms with Gasteiger partial charge in [-0.25, -0.2) is 8.78 Å². The zero-order chi connectivity index (χ0) is 18.4. The molecule has 130 valence electrons. The van der Waals surface area contributed by atoms with Gasteiger partial charge in [0.15, 0.2) is 0 Å². The maximum absolute atomic E-state index is 14.2. The molecule has 0 bridgehead atoms. The molecule has 0 radical (unpaired) electrons. The quantitative estimate of drug-likeness (QED) is 0.523. The molecule has 1 aliphatic rings. The van der Waals surface area contributed by atoms with Crippen LogP contribution in [0.2, 0.25) is 0 Å². The molecule has 0 saturated carbocycles. The lowest BCUT2D eigenvalue weighted by atomic mass is 9.92. The molecule has 4 rings (SSSR count). The first-order chi connectivity index (χ1) is 12.5. The molecule has 0 spiro atoms. The van der Waals surface area contributed by atoms with Gasteiger partial charge in [0.25, 0.3) is 5.91 Å². The maximum atomic E-state index is 14.2. The molecule has 0 fully saturated rings. The number of carbonyl (C=O) groups excluding carboxylic acids is 1. The Hall–Kier alpha value is -3.33. The van der Waals surface area contributed by atoms with Crippen molar-refractivity contribution in [1.82, 2.24) is 9.88 Å². The number of fused-ring (bicyclic) bond motifs is 3. The van der Waals surface area contributed by atoms with Crippen molar-refractivity contribution in [3.8, 4) is 12.3 Å². The normalized spacial score (nSPS) is 16.3. The number of carbonyl (C=O) groups is 1. The van der Waals surface area contributed by atoms with Gasteiger partial charge in [0.2, 0.25) is 0 Å². The Kier molecular flexibility index (Phi) is 3.66. The van der Waals surface area contributed by atoms with E-state index in [2.05, 4.69) is 10.9 Å². The highest BCUT2D eigenvalue weighted by Gasteiger charge is 2.34. The molecule has 2 aromatic carbocycles. The monoisotopic (exact) mass is 351 g/mol. The maximum Gasteiger partial charge on any atom is 0.299 e. The topological polar surface area (TPSA) is 62.1 Å². The number of nitrogen functional groups attached to an aromatic ring is 1. The Labute approximate surface area is 148 Å². The van der Waals surface area contributed by atoms with E-state index >= 15 is 0 Å². The predicted octanol–water partition coefficient (Wildman–Crippen LogP) is 3.14. The van der Waals surface area contributed by atoms with Crippen molar-refractivity contribution in [2.24, 2.45) is 0 Å². The third kappa shape index (κ3) is 2.40. The van der Waals surface area contributed by atoms with E-state index in [-0.39, 0.29) is 5.52 Å². The number of nitrogens with one attached hydrogen (secondary N) is 1. The highest BCUT2D eigenvalue weighted by atomic mass is 19.1. The number of hydrogen-bond donors (Lipinski definition) is 2. The largest absolute Gasteiger partial charge is 0.399 e. The van der Waals surface area contributed by atoms with Crippen molar-refractivity contribution in [3.05, 3.63) is 64.9 Å². The minimum absolute atomic E-state index is 0.229. The van der Waals surface area contributed by atoms with Crippen LogP contribution in [-0.2, 0) is 11.2 Å². The van der Waals surface area contributed by atoms with Gasteiger partial charge in [-0.15, -0.1) is 6.42 Å². The van der Waals surface area contributed by atoms with Gasteiger partial charge in [-0.05, 0) is 41.7 Å². The van der Waals surface area contributed by atoms with Crippen LogP contribution in [0.4, 0.5) is 14.5 Å². The zero-order valence-electron chi connectivity index (χ0n) is 13.7. The van der Waals surface area contributed by atoms with E-state index in [4.69, 9.17) is 12.2 Å². The molecule has 3 N–H and O–H groups in total. The average molecular weight is 351 g/mol. The summed E-state index contributed by atoms with van der Waals surface area (Å²) in [6, 6.07) is 8.69. The first kappa shape index (κ1) is 16.2. The van der Waals surface area contributed by atoms with Crippen molar-refractivity contribution in [3.63, 3.8) is 0 Å². The van der Waals surface area contributed by atoms with Crippen molar-refractivity contribution in [2.45, 2.75) is 12.5 Å². The second-order valence-electron chi connectivity index (χ2n) is 6.29. The summed E-state index contributed by atoms with van der Waals surface area (Å²) in [7, 11) is 0. The molecule has 1 unspecified atom stereocenters. The van der Waals surface area contributed by atoms with Crippen LogP contribution in [0, 0.1) is 24.0 Å². The molecule has 0 saturated heterocycles. The average Bonchev–Trinajstić information content (AvgIpc) is 3.00. The number of aromatic nitrogens is 1. The Balaban J connectivity index is 1.96. The standard InChI is InChI=1S/C20H15F2N3O/c1-2-17(26)25-8-7-14-15-9-12(21)10-16(22)18(15)24-19(14)20(25)11-3-5-13(23)6-4-11/h1,3-6,9-10,20,24H,7-8,23H2. The van der Waals surface area contributed by atoms with Crippen LogP contribution in [0.25, 0.3) is 10.9 Å². The molecule has 0 aliphatic carbocycles. The Bertz CT molecular complexity index is 1060. The first-order valence-corrected chi connectivity index (χ1v) is 8.11. The van der Waals surface area contributed by atoms with Gasteiger partial charge in [0.05, 0.1) is 11.6 Å². The first-order valence-electron chi connectivity index (χ1n) is 8.11. The third-order valence-corrected chi connectivity index (χ3v) is 4.79. The number of benzene rings is 2. The van der Waals surface area contributed by atoms with E-state index in [0.717, 1.165) is 17.2 Å². The van der Waals surface area contributed by atoms with Crippen molar-refractivity contribution < 1.29 is 13.6 Å². The van der Waals surface area contributed by atoms with Gasteiger partial charge in [0.1, 0.15) is 11.6 Å². The second-order valence-corrected chi connectivity index (χ2v) is 6.29. The SMILES string of the molecule is C#CC(=O)N1CCc2c([nH]c3c(F)cc(F)cc23)C1c1ccc(N)cc1. The van der Waals surface area contributed by atoms with Gasteiger partial charge in [-0.1, -0.05) is 12.1 Å². The smallest absolute Gasteiger partial charge is 0.299 e. The fourth-order valence-corrected chi connectivity index (χ4v) is 3.64. The summed E-state index contributed by atoms with van der Waals surface area (Å²) in [6.45, 7) is 0.357. The molecule has 1 aromatic heterocycles. The number of nitrogens with zero attached hydrogens (tertiary/aromatic N) is 1. The number of anilines is 1. The summed E-state index contributed by atoms with van der Waals surface area (Å²) < 4.78 is 27.9. The van der Waals surface area contributed by atoms with Crippen LogP contribution >= 0.6 is 0 Å². The van der Waals surface area contributed by atoms with Crippen molar-refractivity contribution >= 4 is 22.5 Å². The lowest BCUT2D eigenvalue weighted by Gasteiger charge is -2.35. The van der Waals surface area contributed by atoms with E-state index < -0.39 is 23.6 Å². The van der Waals surface area contributed by atoms with Crippen LogP contribution < -0.4 is 5.73 Å². The number of H-pyrrole nitrogens is 1. The number of aromatic amines is 1. The zero-order valence-corrected chi connectivity index (χ0v) is 13.7. The van der Waals surface area contributed by atoms with E-state index in [1.165, 1.54) is 6.07 Å². The Morgan fingerprint density at radius 2 is 2.00 bits per heavy atom. The molecule has 1 amide bonds. The van der Waals surface area contributed by atoms with E-state index in [9.17, 15) is 13.6 Å². The molecular formula is C20H15F2N3O. The van der Waals surface area contributed by atoms with Crippen LogP contribution in [0.3, 0.4) is 0 Å². The highest BCUT2D eigenvalue weighted by molar-refractivity contribution is 5.94. The van der Waals surface area contributed by atoms with E-state index in [0.29, 0.717) is 29.7 Å². The number of rotatable bonds is 1. The molecule has 6 heteroatoms. The molecule has 2 heterocycles. The number of amides is 1. The summed E-state index contributed by atoms with van der Waals surface area (Å²) in [4.78, 5) is 16.9. The van der Waals surface area contributed by atoms with Crippen molar-refractivity contribution in [1.29, 1.82) is 0 Å². The summed E-state index contributed by atoms with van der Waals surface area (Å²) >= 11 is 0. The van der Waals surface area contributed by atoms with E-state index in [1.54, 1.807) is 29.2 Å².